The minimum atomic E-state index is -0.330. The Morgan fingerprint density at radius 3 is 3.11 bits per heavy atom. The first-order valence-corrected chi connectivity index (χ1v) is 5.62. The summed E-state index contributed by atoms with van der Waals surface area (Å²) in [7, 11) is 0. The van der Waals surface area contributed by atoms with E-state index in [1.165, 1.54) is 12.3 Å². The van der Waals surface area contributed by atoms with E-state index in [4.69, 9.17) is 10.00 Å². The summed E-state index contributed by atoms with van der Waals surface area (Å²) in [6.45, 7) is 1.09. The van der Waals surface area contributed by atoms with Crippen molar-refractivity contribution in [3.63, 3.8) is 0 Å². The van der Waals surface area contributed by atoms with E-state index in [9.17, 15) is 9.90 Å². The lowest BCUT2D eigenvalue weighted by Gasteiger charge is -2.34. The fourth-order valence-corrected chi connectivity index (χ4v) is 1.81. The van der Waals surface area contributed by atoms with Crippen molar-refractivity contribution in [3.05, 3.63) is 29.6 Å². The van der Waals surface area contributed by atoms with Crippen LogP contribution in [0.25, 0.3) is 0 Å². The molecule has 1 saturated heterocycles. The predicted molar refractivity (Wildman–Crippen MR) is 61.7 cm³/mol. The summed E-state index contributed by atoms with van der Waals surface area (Å²) in [6, 6.07) is 4.68. The number of aliphatic hydroxyl groups is 1. The van der Waals surface area contributed by atoms with E-state index < -0.39 is 0 Å². The lowest BCUT2D eigenvalue weighted by Crippen LogP contribution is -2.50. The van der Waals surface area contributed by atoms with Crippen LogP contribution in [0.1, 0.15) is 16.1 Å². The number of morpholine rings is 1. The van der Waals surface area contributed by atoms with Crippen molar-refractivity contribution >= 4 is 5.91 Å². The quantitative estimate of drug-likeness (QED) is 0.781. The normalized spacial score (nSPS) is 19.3. The lowest BCUT2D eigenvalue weighted by molar-refractivity contribution is -0.0186. The van der Waals surface area contributed by atoms with E-state index in [0.29, 0.717) is 25.3 Å². The monoisotopic (exact) mass is 247 g/mol. The fourth-order valence-electron chi connectivity index (χ4n) is 1.81. The standard InChI is InChI=1S/C12H13N3O3/c13-5-9-1-2-11(14-6-9)12(17)15-3-4-18-8-10(15)7-16/h1-2,6,10,16H,3-4,7-8H2. The molecule has 1 atom stereocenters. The smallest absolute Gasteiger partial charge is 0.272 e. The molecule has 1 aliphatic rings. The number of pyridine rings is 1. The van der Waals surface area contributed by atoms with E-state index in [-0.39, 0.29) is 24.2 Å². The van der Waals surface area contributed by atoms with Crippen LogP contribution in [-0.4, -0.2) is 53.3 Å². The van der Waals surface area contributed by atoms with Gasteiger partial charge in [-0.25, -0.2) is 4.98 Å². The topological polar surface area (TPSA) is 86.5 Å². The number of carbonyl (C=O) groups excluding carboxylic acids is 1. The summed E-state index contributed by atoms with van der Waals surface area (Å²) in [5, 5.41) is 17.9. The second-order valence-corrected chi connectivity index (χ2v) is 3.95. The van der Waals surface area contributed by atoms with Gasteiger partial charge in [-0.05, 0) is 12.1 Å². The van der Waals surface area contributed by atoms with Crippen molar-refractivity contribution in [2.75, 3.05) is 26.4 Å². The molecule has 1 amide bonds. The molecule has 18 heavy (non-hydrogen) atoms. The molecule has 2 rings (SSSR count). The van der Waals surface area contributed by atoms with Crippen molar-refractivity contribution in [1.29, 1.82) is 5.26 Å². The highest BCUT2D eigenvalue weighted by Crippen LogP contribution is 2.11. The molecule has 0 aliphatic carbocycles. The van der Waals surface area contributed by atoms with Crippen LogP contribution in [0.4, 0.5) is 0 Å². The van der Waals surface area contributed by atoms with Gasteiger partial charge in [0.25, 0.3) is 5.91 Å². The molecule has 1 aromatic heterocycles. The van der Waals surface area contributed by atoms with Crippen LogP contribution in [0, 0.1) is 11.3 Å². The van der Waals surface area contributed by atoms with Gasteiger partial charge in [-0.15, -0.1) is 0 Å². The highest BCUT2D eigenvalue weighted by Gasteiger charge is 2.28. The highest BCUT2D eigenvalue weighted by atomic mass is 16.5. The molecule has 0 bridgehead atoms. The molecule has 2 heterocycles. The maximum atomic E-state index is 12.2. The summed E-state index contributed by atoms with van der Waals surface area (Å²) >= 11 is 0. The highest BCUT2D eigenvalue weighted by molar-refractivity contribution is 5.92. The molecule has 0 aromatic carbocycles. The Kier molecular flexibility index (Phi) is 3.87. The molecule has 0 spiro atoms. The Hall–Kier alpha value is -1.97. The van der Waals surface area contributed by atoms with E-state index >= 15 is 0 Å². The SMILES string of the molecule is N#Cc1ccc(C(=O)N2CCOCC2CO)nc1. The van der Waals surface area contributed by atoms with Crippen molar-refractivity contribution in [2.24, 2.45) is 0 Å². The van der Waals surface area contributed by atoms with E-state index in [0.717, 1.165) is 0 Å². The van der Waals surface area contributed by atoms with Gasteiger partial charge in [0.1, 0.15) is 11.8 Å². The molecule has 1 aliphatic heterocycles. The summed E-state index contributed by atoms with van der Waals surface area (Å²) in [5.74, 6) is -0.248. The zero-order chi connectivity index (χ0) is 13.0. The molecule has 6 heteroatoms. The fraction of sp³-hybridized carbons (Fsp3) is 0.417. The molecule has 0 radical (unpaired) electrons. The number of hydrogen-bond acceptors (Lipinski definition) is 5. The number of aliphatic hydroxyl groups excluding tert-OH is 1. The Morgan fingerprint density at radius 2 is 2.50 bits per heavy atom. The second-order valence-electron chi connectivity index (χ2n) is 3.95. The molecular weight excluding hydrogens is 234 g/mol. The Labute approximate surface area is 104 Å². The van der Waals surface area contributed by atoms with Crippen molar-refractivity contribution in [2.45, 2.75) is 6.04 Å². The molecule has 1 fully saturated rings. The van der Waals surface area contributed by atoms with Gasteiger partial charge < -0.3 is 14.7 Å². The number of carbonyl (C=O) groups is 1. The van der Waals surface area contributed by atoms with Crippen LogP contribution >= 0.6 is 0 Å². The van der Waals surface area contributed by atoms with Crippen molar-refractivity contribution < 1.29 is 14.6 Å². The van der Waals surface area contributed by atoms with E-state index in [1.54, 1.807) is 11.0 Å². The van der Waals surface area contributed by atoms with Crippen molar-refractivity contribution in [3.8, 4) is 6.07 Å². The summed E-state index contributed by atoms with van der Waals surface area (Å²) in [5.41, 5.74) is 0.682. The predicted octanol–water partition coefficient (Wildman–Crippen LogP) is -0.213. The number of rotatable bonds is 2. The third-order valence-electron chi connectivity index (χ3n) is 2.81. The zero-order valence-electron chi connectivity index (χ0n) is 9.74. The summed E-state index contributed by atoms with van der Waals surface area (Å²) in [6.07, 6.45) is 1.36. The largest absolute Gasteiger partial charge is 0.394 e. The first-order valence-electron chi connectivity index (χ1n) is 5.62. The van der Waals surface area contributed by atoms with Crippen LogP contribution in [0.2, 0.25) is 0 Å². The van der Waals surface area contributed by atoms with E-state index in [2.05, 4.69) is 4.98 Å². The van der Waals surface area contributed by atoms with Crippen LogP contribution in [0.15, 0.2) is 18.3 Å². The maximum absolute atomic E-state index is 12.2. The number of hydrogen-bond donors (Lipinski definition) is 1. The van der Waals surface area contributed by atoms with Gasteiger partial charge in [0.2, 0.25) is 0 Å². The van der Waals surface area contributed by atoms with Gasteiger partial charge >= 0.3 is 0 Å². The molecule has 1 unspecified atom stereocenters. The average Bonchev–Trinajstić information content (AvgIpc) is 2.46. The second kappa shape index (κ2) is 5.58. The minimum absolute atomic E-state index is 0.137. The minimum Gasteiger partial charge on any atom is -0.394 e. The first kappa shape index (κ1) is 12.5. The number of aromatic nitrogens is 1. The van der Waals surface area contributed by atoms with Crippen LogP contribution in [0.5, 0.6) is 0 Å². The summed E-state index contributed by atoms with van der Waals surface area (Å²) < 4.78 is 5.21. The number of nitriles is 1. The summed E-state index contributed by atoms with van der Waals surface area (Å²) in [4.78, 5) is 17.7. The van der Waals surface area contributed by atoms with Crippen molar-refractivity contribution in [1.82, 2.24) is 9.88 Å². The van der Waals surface area contributed by atoms with Gasteiger partial charge in [0.05, 0.1) is 31.4 Å². The molecule has 1 N–H and O–H groups in total. The molecule has 1 aromatic rings. The number of ether oxygens (including phenoxy) is 1. The van der Waals surface area contributed by atoms with Gasteiger partial charge in [-0.1, -0.05) is 0 Å². The zero-order valence-corrected chi connectivity index (χ0v) is 9.74. The Balaban J connectivity index is 2.16. The lowest BCUT2D eigenvalue weighted by atomic mass is 10.2. The third kappa shape index (κ3) is 2.47. The van der Waals surface area contributed by atoms with E-state index in [1.807, 2.05) is 6.07 Å². The van der Waals surface area contributed by atoms with Gasteiger partial charge in [-0.3, -0.25) is 4.79 Å². The van der Waals surface area contributed by atoms with Gasteiger partial charge in [0, 0.05) is 12.7 Å². The molecular formula is C12H13N3O3. The molecule has 6 nitrogen and oxygen atoms in total. The molecule has 94 valence electrons. The van der Waals surface area contributed by atoms with Gasteiger partial charge in [0.15, 0.2) is 0 Å². The third-order valence-corrected chi connectivity index (χ3v) is 2.81. The molecule has 0 saturated carbocycles. The van der Waals surface area contributed by atoms with Crippen LogP contribution < -0.4 is 0 Å². The van der Waals surface area contributed by atoms with Crippen LogP contribution in [0.3, 0.4) is 0 Å². The van der Waals surface area contributed by atoms with Gasteiger partial charge in [-0.2, -0.15) is 5.26 Å². The Bertz CT molecular complexity index is 466. The number of amides is 1. The average molecular weight is 247 g/mol. The first-order chi connectivity index (χ1) is 8.76. The maximum Gasteiger partial charge on any atom is 0.272 e. The van der Waals surface area contributed by atoms with Crippen LogP contribution in [-0.2, 0) is 4.74 Å². The number of nitrogens with zero attached hydrogens (tertiary/aromatic N) is 3. The Morgan fingerprint density at radius 1 is 1.67 bits per heavy atom.